The van der Waals surface area contributed by atoms with Crippen molar-refractivity contribution >= 4 is 23.5 Å². The predicted octanol–water partition coefficient (Wildman–Crippen LogP) is 3.37. The van der Waals surface area contributed by atoms with Crippen LogP contribution in [0.4, 0.5) is 0 Å². The highest BCUT2D eigenvalue weighted by Gasteiger charge is 2.21. The number of carbonyl (C=O) groups is 2. The van der Waals surface area contributed by atoms with Gasteiger partial charge in [-0.25, -0.2) is 4.79 Å². The Bertz CT molecular complexity index is 797. The summed E-state index contributed by atoms with van der Waals surface area (Å²) in [6.45, 7) is 6.57. The zero-order valence-electron chi connectivity index (χ0n) is 15.2. The summed E-state index contributed by atoms with van der Waals surface area (Å²) in [6.07, 6.45) is -0.698. The SMILES string of the molecule is Cc1[nH]c(C(=O)OCC(=O)N[C@H](C)c2ccc(Cl)cc2)c(C)c1[C@H](C)O. The van der Waals surface area contributed by atoms with Crippen LogP contribution in [-0.4, -0.2) is 28.6 Å². The first-order valence-corrected chi connectivity index (χ1v) is 8.67. The number of benzene rings is 1. The van der Waals surface area contributed by atoms with E-state index < -0.39 is 24.6 Å². The normalized spacial score (nSPS) is 13.2. The molecule has 26 heavy (non-hydrogen) atoms. The summed E-state index contributed by atoms with van der Waals surface area (Å²) < 4.78 is 5.09. The maximum absolute atomic E-state index is 12.2. The fraction of sp³-hybridized carbons (Fsp3) is 0.368. The lowest BCUT2D eigenvalue weighted by atomic mass is 10.1. The third kappa shape index (κ3) is 4.65. The molecule has 2 rings (SSSR count). The van der Waals surface area contributed by atoms with Crippen LogP contribution in [0.1, 0.15) is 58.9 Å². The molecule has 1 aromatic heterocycles. The van der Waals surface area contributed by atoms with E-state index in [2.05, 4.69) is 10.3 Å². The number of H-pyrrole nitrogens is 1. The molecule has 2 atom stereocenters. The predicted molar refractivity (Wildman–Crippen MR) is 99.2 cm³/mol. The second-order valence-corrected chi connectivity index (χ2v) is 6.69. The molecule has 2 aromatic rings. The zero-order valence-corrected chi connectivity index (χ0v) is 16.0. The quantitative estimate of drug-likeness (QED) is 0.672. The van der Waals surface area contributed by atoms with Crippen LogP contribution in [0.5, 0.6) is 0 Å². The topological polar surface area (TPSA) is 91.4 Å². The lowest BCUT2D eigenvalue weighted by Gasteiger charge is -2.14. The van der Waals surface area contributed by atoms with Crippen molar-refractivity contribution < 1.29 is 19.4 Å². The Hall–Kier alpha value is -2.31. The van der Waals surface area contributed by atoms with Crippen molar-refractivity contribution in [3.8, 4) is 0 Å². The van der Waals surface area contributed by atoms with Gasteiger partial charge in [-0.05, 0) is 51.0 Å². The summed E-state index contributed by atoms with van der Waals surface area (Å²) in [5, 5.41) is 13.2. The summed E-state index contributed by atoms with van der Waals surface area (Å²) in [4.78, 5) is 27.2. The van der Waals surface area contributed by atoms with Crippen LogP contribution in [0.2, 0.25) is 5.02 Å². The van der Waals surface area contributed by atoms with Gasteiger partial charge >= 0.3 is 5.97 Å². The summed E-state index contributed by atoms with van der Waals surface area (Å²) in [5.74, 6) is -1.04. The van der Waals surface area contributed by atoms with Crippen LogP contribution in [-0.2, 0) is 9.53 Å². The average molecular weight is 379 g/mol. The molecule has 0 fully saturated rings. The van der Waals surface area contributed by atoms with Crippen LogP contribution in [0.15, 0.2) is 24.3 Å². The number of hydrogen-bond acceptors (Lipinski definition) is 4. The molecule has 0 spiro atoms. The molecule has 0 saturated heterocycles. The third-order valence-corrected chi connectivity index (χ3v) is 4.45. The second kappa shape index (κ2) is 8.38. The van der Waals surface area contributed by atoms with E-state index in [1.54, 1.807) is 32.9 Å². The van der Waals surface area contributed by atoms with Crippen molar-refractivity contribution in [2.24, 2.45) is 0 Å². The number of aromatic nitrogens is 1. The molecule has 7 heteroatoms. The molecule has 1 aromatic carbocycles. The van der Waals surface area contributed by atoms with Gasteiger partial charge in [0.05, 0.1) is 12.1 Å². The summed E-state index contributed by atoms with van der Waals surface area (Å²) >= 11 is 5.85. The number of aliphatic hydroxyl groups is 1. The van der Waals surface area contributed by atoms with E-state index in [0.29, 0.717) is 21.8 Å². The smallest absolute Gasteiger partial charge is 0.355 e. The Balaban J connectivity index is 1.94. The highest BCUT2D eigenvalue weighted by atomic mass is 35.5. The molecule has 0 unspecified atom stereocenters. The minimum atomic E-state index is -0.698. The van der Waals surface area contributed by atoms with Crippen LogP contribution in [0.3, 0.4) is 0 Å². The number of hydrogen-bond donors (Lipinski definition) is 3. The van der Waals surface area contributed by atoms with Crippen molar-refractivity contribution in [2.75, 3.05) is 6.61 Å². The van der Waals surface area contributed by atoms with Crippen molar-refractivity contribution in [2.45, 2.75) is 39.8 Å². The van der Waals surface area contributed by atoms with Gasteiger partial charge in [-0.2, -0.15) is 0 Å². The van der Waals surface area contributed by atoms with Crippen molar-refractivity contribution in [3.63, 3.8) is 0 Å². The molecule has 6 nitrogen and oxygen atoms in total. The number of esters is 1. The number of amides is 1. The van der Waals surface area contributed by atoms with Crippen molar-refractivity contribution in [1.29, 1.82) is 0 Å². The van der Waals surface area contributed by atoms with E-state index in [-0.39, 0.29) is 11.7 Å². The van der Waals surface area contributed by atoms with E-state index in [9.17, 15) is 14.7 Å². The molecule has 1 amide bonds. The number of aryl methyl sites for hydroxylation is 1. The maximum atomic E-state index is 12.2. The molecular formula is C19H23ClN2O4. The zero-order chi connectivity index (χ0) is 19.4. The van der Waals surface area contributed by atoms with E-state index in [4.69, 9.17) is 16.3 Å². The van der Waals surface area contributed by atoms with Gasteiger partial charge in [0.25, 0.3) is 5.91 Å². The number of ether oxygens (including phenoxy) is 1. The molecule has 140 valence electrons. The Morgan fingerprint density at radius 2 is 1.85 bits per heavy atom. The first kappa shape index (κ1) is 20.0. The van der Waals surface area contributed by atoms with E-state index in [0.717, 1.165) is 5.56 Å². The Labute approximate surface area is 157 Å². The number of carbonyl (C=O) groups excluding carboxylic acids is 2. The minimum absolute atomic E-state index is 0.241. The second-order valence-electron chi connectivity index (χ2n) is 6.26. The van der Waals surface area contributed by atoms with Gasteiger partial charge in [0.2, 0.25) is 0 Å². The molecule has 3 N–H and O–H groups in total. The Morgan fingerprint density at radius 1 is 1.23 bits per heavy atom. The molecule has 0 aliphatic rings. The van der Waals surface area contributed by atoms with Crippen LogP contribution in [0, 0.1) is 13.8 Å². The lowest BCUT2D eigenvalue weighted by molar-refractivity contribution is -0.124. The van der Waals surface area contributed by atoms with Crippen LogP contribution in [0.25, 0.3) is 0 Å². The fourth-order valence-corrected chi connectivity index (χ4v) is 3.04. The number of aliphatic hydroxyl groups excluding tert-OH is 1. The minimum Gasteiger partial charge on any atom is -0.451 e. The Morgan fingerprint density at radius 3 is 2.38 bits per heavy atom. The molecule has 0 bridgehead atoms. The van der Waals surface area contributed by atoms with Gasteiger partial charge in [-0.3, -0.25) is 4.79 Å². The average Bonchev–Trinajstić information content (AvgIpc) is 2.87. The lowest BCUT2D eigenvalue weighted by Crippen LogP contribution is -2.31. The largest absolute Gasteiger partial charge is 0.451 e. The highest BCUT2D eigenvalue weighted by Crippen LogP contribution is 2.24. The van der Waals surface area contributed by atoms with E-state index >= 15 is 0 Å². The summed E-state index contributed by atoms with van der Waals surface area (Å²) in [7, 11) is 0. The number of halogens is 1. The molecule has 0 radical (unpaired) electrons. The molecule has 0 saturated carbocycles. The Kier molecular flexibility index (Phi) is 6.45. The maximum Gasteiger partial charge on any atom is 0.355 e. The fourth-order valence-electron chi connectivity index (χ4n) is 2.92. The van der Waals surface area contributed by atoms with Gasteiger partial charge in [-0.1, -0.05) is 23.7 Å². The standard InChI is InChI=1S/C19H23ClN2O4/c1-10-17(13(4)23)12(3)22-18(10)19(25)26-9-16(24)21-11(2)14-5-7-15(20)8-6-14/h5-8,11,13,22-23H,9H2,1-4H3,(H,21,24)/t11-,13+/m1/s1. The molecular weight excluding hydrogens is 356 g/mol. The van der Waals surface area contributed by atoms with Crippen molar-refractivity contribution in [3.05, 3.63) is 57.4 Å². The molecule has 0 aliphatic carbocycles. The van der Waals surface area contributed by atoms with Crippen molar-refractivity contribution in [1.82, 2.24) is 10.3 Å². The van der Waals surface area contributed by atoms with Crippen LogP contribution >= 0.6 is 11.6 Å². The summed E-state index contributed by atoms with van der Waals surface area (Å²) in [6, 6.07) is 6.89. The number of rotatable bonds is 6. The molecule has 1 heterocycles. The van der Waals surface area contributed by atoms with Gasteiger partial charge in [0.1, 0.15) is 5.69 Å². The highest BCUT2D eigenvalue weighted by molar-refractivity contribution is 6.30. The van der Waals surface area contributed by atoms with Gasteiger partial charge in [-0.15, -0.1) is 0 Å². The first-order valence-electron chi connectivity index (χ1n) is 8.29. The van der Waals surface area contributed by atoms with Gasteiger partial charge in [0, 0.05) is 16.3 Å². The number of aromatic amines is 1. The number of nitrogens with one attached hydrogen (secondary N) is 2. The van der Waals surface area contributed by atoms with Gasteiger partial charge < -0.3 is 20.1 Å². The van der Waals surface area contributed by atoms with E-state index in [1.165, 1.54) is 0 Å². The van der Waals surface area contributed by atoms with Crippen LogP contribution < -0.4 is 5.32 Å². The first-order chi connectivity index (χ1) is 12.2. The van der Waals surface area contributed by atoms with Gasteiger partial charge in [0.15, 0.2) is 6.61 Å². The third-order valence-electron chi connectivity index (χ3n) is 4.20. The van der Waals surface area contributed by atoms with E-state index in [1.807, 2.05) is 19.1 Å². The molecule has 0 aliphatic heterocycles. The monoisotopic (exact) mass is 378 g/mol. The summed E-state index contributed by atoms with van der Waals surface area (Å²) in [5.41, 5.74) is 3.13.